The fourth-order valence-corrected chi connectivity index (χ4v) is 12.4. The first-order chi connectivity index (χ1) is 56.7. The molecular formula is C74H134N28O17S. The van der Waals surface area contributed by atoms with Crippen molar-refractivity contribution in [1.82, 2.24) is 74.4 Å². The molecule has 0 saturated carbocycles. The quantitative estimate of drug-likeness (QED) is 0.0164. The summed E-state index contributed by atoms with van der Waals surface area (Å²) in [7, 11) is 0. The number of primary amides is 3. The third-order valence-corrected chi connectivity index (χ3v) is 19.7. The van der Waals surface area contributed by atoms with Crippen molar-refractivity contribution in [3.8, 4) is 5.75 Å². The van der Waals surface area contributed by atoms with E-state index >= 15 is 9.59 Å². The molecular weight excluding hydrogens is 1590 g/mol. The topological polar surface area (TPSA) is 788 Å². The monoisotopic (exact) mass is 1720 g/mol. The number of hydrogen-bond donors (Lipinski definition) is 27. The summed E-state index contributed by atoms with van der Waals surface area (Å²) in [4.78, 5) is 220. The molecule has 0 spiro atoms. The van der Waals surface area contributed by atoms with Gasteiger partial charge in [-0.3, -0.25) is 67.7 Å². The predicted octanol–water partition coefficient (Wildman–Crippen LogP) is -5.79. The van der Waals surface area contributed by atoms with Crippen LogP contribution in [0, 0.1) is 17.8 Å². The number of carboxylic acid groups (broad SMARTS) is 1. The van der Waals surface area contributed by atoms with Crippen molar-refractivity contribution in [2.24, 2.45) is 95.8 Å². The van der Waals surface area contributed by atoms with Gasteiger partial charge >= 0.3 is 24.1 Å². The summed E-state index contributed by atoms with van der Waals surface area (Å²) in [6.45, 7) is 10.4. The molecule has 0 unspecified atom stereocenters. The Morgan fingerprint density at radius 1 is 0.383 bits per heavy atom. The number of amides is 17. The average molecular weight is 1720 g/mol. The number of nitrogens with one attached hydrogen (secondary N) is 14. The highest BCUT2D eigenvalue weighted by Gasteiger charge is 2.38. The molecule has 0 saturated heterocycles. The number of carbonyl (C=O) groups is 15. The SMILES string of the molecule is CC[C@H](C)[C@H](N)C(=O)N[C@@H](CCCNC(N)=O)C(=O)N[C@@H](CCCCN)C(=O)N[C@@H](CCCN=C(N)N)C(=O)N[C@@H](CC(C)C)C(=O)N[C@@H](Cc1ccc(O)cc1)C(=O)N[C@@H](CCCNC(N)=O)C(=O)N[C@@H](CCSC)C(=O)N[C@@H](CCCNC(N)=O)C(=O)N[C@H](C(=O)N[C@@H](CCCN=C(N)N)C(=O)N[C@@H](CCCN=C(N)N)C(=O)O)[C@@H](C)CC. The van der Waals surface area contributed by atoms with E-state index in [1.807, 2.05) is 6.92 Å². The number of phenols is 1. The number of nitrogens with two attached hydrogens (primary N) is 11. The van der Waals surface area contributed by atoms with Crippen molar-refractivity contribution in [3.05, 3.63) is 29.8 Å². The van der Waals surface area contributed by atoms with Crippen molar-refractivity contribution < 1.29 is 82.1 Å². The van der Waals surface area contributed by atoms with Crippen molar-refractivity contribution in [2.45, 2.75) is 242 Å². The fourth-order valence-electron chi connectivity index (χ4n) is 11.9. The maximum absolute atomic E-state index is 15.1. The molecule has 120 heavy (non-hydrogen) atoms. The number of carbonyl (C=O) groups excluding carboxylic acids is 14. The average Bonchev–Trinajstić information content (AvgIpc) is 0.853. The van der Waals surface area contributed by atoms with Gasteiger partial charge in [0.25, 0.3) is 0 Å². The number of aromatic hydroxyl groups is 1. The standard InChI is InChI=1S/C74H134N28O17S/c1-8-41(5)55(76)66(113)97-48(22-15-35-90-73(84)118)59(106)92-45(18-10-11-30-75)57(104)93-47(19-12-31-86-69(77)78)61(108)100-53(38-40(3)4)64(111)101-54(39-43-25-27-44(103)28-26-43)65(112)95-46(21-14-34-89-72(83)117)58(105)96-51(29-37-120-7)62(109)94-50(23-16-36-91-74(85)119)63(110)102-56(42(6)9-2)67(114)98-49(20-13-32-87-70(79)80)60(107)99-52(68(115)116)24-17-33-88-71(81)82/h25-28,40-42,45-56,103H,8-24,29-39,75-76H2,1-7H3,(H,92,106)(H,93,104)(H,94,109)(H,95,112)(H,96,105)(H,97,113)(H,98,114)(H,99,107)(H,100,108)(H,101,111)(H,102,110)(H,115,116)(H4,77,78,86)(H4,79,80,87)(H4,81,82,88)(H3,83,89,117)(H3,84,90,118)(H3,85,91,119)/t41-,42-,45-,46-,47-,48-,49-,50-,51-,52-,53-,54-,55-,56-/m0/s1. The predicted molar refractivity (Wildman–Crippen MR) is 453 cm³/mol. The Hall–Kier alpha value is -11.4. The number of rotatable bonds is 62. The van der Waals surface area contributed by atoms with Crippen molar-refractivity contribution in [2.75, 3.05) is 57.8 Å². The summed E-state index contributed by atoms with van der Waals surface area (Å²) in [5, 5.41) is 56.9. The highest BCUT2D eigenvalue weighted by Crippen LogP contribution is 2.18. The van der Waals surface area contributed by atoms with Gasteiger partial charge in [0.15, 0.2) is 17.9 Å². The molecule has 0 fully saturated rings. The maximum atomic E-state index is 15.1. The van der Waals surface area contributed by atoms with Gasteiger partial charge in [-0.15, -0.1) is 0 Å². The van der Waals surface area contributed by atoms with Gasteiger partial charge in [0, 0.05) is 45.7 Å². The first kappa shape index (κ1) is 107. The number of guanidine groups is 3. The summed E-state index contributed by atoms with van der Waals surface area (Å²) in [6, 6.07) is -14.3. The van der Waals surface area contributed by atoms with Gasteiger partial charge in [-0.25, -0.2) is 19.2 Å². The summed E-state index contributed by atoms with van der Waals surface area (Å²) in [6.07, 6.45) is 2.06. The van der Waals surface area contributed by atoms with E-state index in [-0.39, 0.29) is 196 Å². The number of benzene rings is 1. The Labute approximate surface area is 704 Å². The Morgan fingerprint density at radius 2 is 0.692 bits per heavy atom. The first-order valence-electron chi connectivity index (χ1n) is 40.2. The van der Waals surface area contributed by atoms with Crippen LogP contribution in [0.3, 0.4) is 0 Å². The van der Waals surface area contributed by atoms with Crippen LogP contribution in [0.1, 0.15) is 169 Å². The molecule has 0 aliphatic rings. The third-order valence-electron chi connectivity index (χ3n) is 19.0. The minimum atomic E-state index is -1.62. The van der Waals surface area contributed by atoms with Crippen LogP contribution < -0.4 is 138 Å². The summed E-state index contributed by atoms with van der Waals surface area (Å²) >= 11 is 1.27. The number of unbranched alkanes of at least 4 members (excludes halogenated alkanes) is 1. The van der Waals surface area contributed by atoms with E-state index in [4.69, 9.17) is 63.1 Å². The molecule has 17 amide bonds. The second-order valence-electron chi connectivity index (χ2n) is 29.4. The normalized spacial score (nSPS) is 14.5. The van der Waals surface area contributed by atoms with E-state index in [2.05, 4.69) is 89.4 Å². The number of urea groups is 3. The number of phenolic OH excluding ortho intramolecular Hbond substituents is 1. The molecule has 1 aromatic carbocycles. The van der Waals surface area contributed by atoms with E-state index < -0.39 is 167 Å². The zero-order chi connectivity index (χ0) is 90.6. The number of nitrogens with zero attached hydrogens (tertiary/aromatic N) is 3. The molecule has 14 atom stereocenters. The zero-order valence-corrected chi connectivity index (χ0v) is 70.7. The van der Waals surface area contributed by atoms with Crippen molar-refractivity contribution >= 4 is 119 Å². The van der Waals surface area contributed by atoms with Crippen molar-refractivity contribution in [3.63, 3.8) is 0 Å². The molecule has 0 radical (unpaired) electrons. The summed E-state index contributed by atoms with van der Waals surface area (Å²) < 4.78 is 0. The molecule has 1 aromatic rings. The van der Waals surface area contributed by atoms with Crippen LogP contribution in [0.5, 0.6) is 5.75 Å². The van der Waals surface area contributed by atoms with Gasteiger partial charge in [-0.05, 0) is 163 Å². The largest absolute Gasteiger partial charge is 0.508 e. The van der Waals surface area contributed by atoms with Gasteiger partial charge in [0.05, 0.1) is 6.04 Å². The molecule has 678 valence electrons. The van der Waals surface area contributed by atoms with Crippen LogP contribution in [0.2, 0.25) is 0 Å². The summed E-state index contributed by atoms with van der Waals surface area (Å²) in [5.74, 6) is -13.3. The molecule has 0 bridgehead atoms. The lowest BCUT2D eigenvalue weighted by Crippen LogP contribution is -2.61. The molecule has 0 aliphatic carbocycles. The van der Waals surface area contributed by atoms with Gasteiger partial charge in [0.1, 0.15) is 72.2 Å². The van der Waals surface area contributed by atoms with Crippen LogP contribution in [0.4, 0.5) is 14.4 Å². The highest BCUT2D eigenvalue weighted by molar-refractivity contribution is 7.98. The van der Waals surface area contributed by atoms with Gasteiger partial charge in [0.2, 0.25) is 65.0 Å². The molecule has 0 heterocycles. The summed E-state index contributed by atoms with van der Waals surface area (Å²) in [5.41, 5.74) is 61.6. The van der Waals surface area contributed by atoms with E-state index in [9.17, 15) is 72.5 Å². The number of aliphatic imine (C=N–C) groups is 3. The van der Waals surface area contributed by atoms with Crippen LogP contribution in [-0.4, -0.2) is 247 Å². The minimum absolute atomic E-state index is 0.00545. The van der Waals surface area contributed by atoms with Crippen LogP contribution in [-0.2, 0) is 64.0 Å². The fraction of sp³-hybridized carbons (Fsp3) is 0.676. The number of carboxylic acids is 1. The molecule has 46 heteroatoms. The van der Waals surface area contributed by atoms with E-state index in [1.165, 1.54) is 36.0 Å². The Balaban J connectivity index is 4.04. The number of aliphatic carboxylic acids is 1. The van der Waals surface area contributed by atoms with Gasteiger partial charge in [-0.1, -0.05) is 66.5 Å². The zero-order valence-electron chi connectivity index (χ0n) is 69.9. The smallest absolute Gasteiger partial charge is 0.326 e. The Kier molecular flexibility index (Phi) is 52.6. The molecule has 45 nitrogen and oxygen atoms in total. The first-order valence-corrected chi connectivity index (χ1v) is 41.6. The second kappa shape index (κ2) is 59.3. The van der Waals surface area contributed by atoms with Crippen molar-refractivity contribution in [1.29, 1.82) is 0 Å². The molecule has 1 rings (SSSR count). The van der Waals surface area contributed by atoms with E-state index in [0.29, 0.717) is 24.8 Å². The van der Waals surface area contributed by atoms with Crippen LogP contribution in [0.15, 0.2) is 39.2 Å². The van der Waals surface area contributed by atoms with Gasteiger partial charge in [-0.2, -0.15) is 11.8 Å². The van der Waals surface area contributed by atoms with Crippen LogP contribution >= 0.6 is 11.8 Å². The van der Waals surface area contributed by atoms with E-state index in [0.717, 1.165) is 0 Å². The van der Waals surface area contributed by atoms with Gasteiger partial charge < -0.3 is 148 Å². The number of thioether (sulfide) groups is 1. The second-order valence-corrected chi connectivity index (χ2v) is 30.4. The minimum Gasteiger partial charge on any atom is -0.508 e. The van der Waals surface area contributed by atoms with Crippen LogP contribution in [0.25, 0.3) is 0 Å². The maximum Gasteiger partial charge on any atom is 0.326 e. The highest BCUT2D eigenvalue weighted by atomic mass is 32.2. The lowest BCUT2D eigenvalue weighted by atomic mass is 9.96. The molecule has 0 aromatic heterocycles. The lowest BCUT2D eigenvalue weighted by molar-refractivity contribution is -0.142. The Morgan fingerprint density at radius 3 is 1.04 bits per heavy atom. The molecule has 0 aliphatic heterocycles. The Bertz CT molecular complexity index is 3530. The third kappa shape index (κ3) is 45.5. The number of hydrogen-bond acceptors (Lipinski definition) is 22. The van der Waals surface area contributed by atoms with E-state index in [1.54, 1.807) is 40.9 Å². The lowest BCUT2D eigenvalue weighted by Gasteiger charge is -2.30. The molecule has 38 N–H and O–H groups in total.